The van der Waals surface area contributed by atoms with Crippen LogP contribution < -0.4 is 17.7 Å². The maximum atomic E-state index is 12.6. The van der Waals surface area contributed by atoms with Crippen molar-refractivity contribution in [2.24, 2.45) is 0 Å². The largest absolute Gasteiger partial charge is 1.00 e. The predicted molar refractivity (Wildman–Crippen MR) is 58.6 cm³/mol. The van der Waals surface area contributed by atoms with Gasteiger partial charge in [-0.3, -0.25) is 0 Å². The molecule has 2 rings (SSSR count). The monoisotopic (exact) mass is 281 g/mol. The molecule has 0 spiro atoms. The summed E-state index contributed by atoms with van der Waals surface area (Å²) in [7, 11) is 0. The van der Waals surface area contributed by atoms with Crippen LogP contribution in [-0.2, 0) is 11.8 Å². The van der Waals surface area contributed by atoms with Crippen molar-refractivity contribution in [1.82, 2.24) is 5.32 Å². The number of benzene rings is 1. The highest BCUT2D eigenvalue weighted by Crippen LogP contribution is 2.35. The molecule has 1 fully saturated rings. The smallest absolute Gasteiger partial charge is 1.00 e. The van der Waals surface area contributed by atoms with Crippen LogP contribution in [-0.4, -0.2) is 18.2 Å². The van der Waals surface area contributed by atoms with E-state index >= 15 is 0 Å². The molecule has 0 saturated carbocycles. The normalized spacial score (nSPS) is 19.1. The van der Waals surface area contributed by atoms with E-state index in [1.54, 1.807) is 6.07 Å². The Morgan fingerprint density at radius 2 is 1.83 bits per heavy atom. The topological polar surface area (TPSA) is 32.3 Å². The van der Waals surface area contributed by atoms with Crippen LogP contribution in [0.25, 0.3) is 0 Å². The summed E-state index contributed by atoms with van der Waals surface area (Å²) in [5, 5.41) is 13.4. The summed E-state index contributed by atoms with van der Waals surface area (Å²) < 4.78 is 37.7. The Kier molecular flexibility index (Phi) is 4.64. The molecular formula is C12H15ClF3NO. The molecule has 1 aliphatic heterocycles. The lowest BCUT2D eigenvalue weighted by Gasteiger charge is -2.33. The summed E-state index contributed by atoms with van der Waals surface area (Å²) in [5.41, 5.74) is -1.48. The summed E-state index contributed by atoms with van der Waals surface area (Å²) in [6.45, 7) is 1.24. The first-order valence-electron chi connectivity index (χ1n) is 5.53. The first-order valence-corrected chi connectivity index (χ1v) is 5.53. The van der Waals surface area contributed by atoms with E-state index in [1.807, 2.05) is 0 Å². The molecule has 0 radical (unpaired) electrons. The number of nitrogens with one attached hydrogen (secondary N) is 1. The minimum absolute atomic E-state index is 0. The van der Waals surface area contributed by atoms with Crippen LogP contribution in [0.15, 0.2) is 24.3 Å². The van der Waals surface area contributed by atoms with Gasteiger partial charge < -0.3 is 22.8 Å². The maximum absolute atomic E-state index is 12.6. The first kappa shape index (κ1) is 15.3. The van der Waals surface area contributed by atoms with Crippen LogP contribution in [0.1, 0.15) is 25.4 Å². The minimum Gasteiger partial charge on any atom is -1.00 e. The molecule has 2 nitrogen and oxygen atoms in total. The number of halogens is 4. The van der Waals surface area contributed by atoms with Gasteiger partial charge in [-0.2, -0.15) is 13.2 Å². The predicted octanol–water partition coefficient (Wildman–Crippen LogP) is -0.607. The SMILES string of the molecule is OC1(c2cccc(C(F)(F)F)c2)CCNCC1.[Cl-].[H+]. The van der Waals surface area contributed by atoms with Crippen LogP contribution >= 0.6 is 0 Å². The summed E-state index contributed by atoms with van der Waals surface area (Å²) in [6, 6.07) is 4.97. The fourth-order valence-corrected chi connectivity index (χ4v) is 2.11. The number of rotatable bonds is 1. The van der Waals surface area contributed by atoms with Crippen LogP contribution in [0, 0.1) is 0 Å². The zero-order valence-corrected chi connectivity index (χ0v) is 10.4. The van der Waals surface area contributed by atoms with Crippen molar-refractivity contribution in [3.05, 3.63) is 35.4 Å². The van der Waals surface area contributed by atoms with Gasteiger partial charge in [-0.05, 0) is 43.6 Å². The lowest BCUT2D eigenvalue weighted by molar-refractivity contribution is -0.137. The molecule has 0 amide bonds. The van der Waals surface area contributed by atoms with Gasteiger partial charge in [-0.1, -0.05) is 12.1 Å². The third-order valence-corrected chi connectivity index (χ3v) is 3.16. The standard InChI is InChI=1S/C12H14F3NO.ClH/c13-12(14,15)10-3-1-2-9(8-10)11(17)4-6-16-7-5-11;/h1-3,8,16-17H,4-7H2;1H. The van der Waals surface area contributed by atoms with Crippen molar-refractivity contribution >= 4 is 0 Å². The van der Waals surface area contributed by atoms with Crippen molar-refractivity contribution in [3.63, 3.8) is 0 Å². The number of alkyl halides is 3. The zero-order chi connectivity index (χ0) is 12.5. The Morgan fingerprint density at radius 3 is 2.39 bits per heavy atom. The van der Waals surface area contributed by atoms with E-state index < -0.39 is 17.3 Å². The third-order valence-electron chi connectivity index (χ3n) is 3.16. The first-order chi connectivity index (χ1) is 7.92. The van der Waals surface area contributed by atoms with Gasteiger partial charge in [-0.15, -0.1) is 0 Å². The molecule has 1 heterocycles. The van der Waals surface area contributed by atoms with Crippen LogP contribution in [0.3, 0.4) is 0 Å². The van der Waals surface area contributed by atoms with Gasteiger partial charge in [-0.25, -0.2) is 0 Å². The van der Waals surface area contributed by atoms with Crippen molar-refractivity contribution in [2.75, 3.05) is 13.1 Å². The Hall–Kier alpha value is -0.780. The molecule has 102 valence electrons. The quantitative estimate of drug-likeness (QED) is 0.720. The van der Waals surface area contributed by atoms with Gasteiger partial charge in [0, 0.05) is 0 Å². The molecule has 2 N–H and O–H groups in total. The van der Waals surface area contributed by atoms with Crippen molar-refractivity contribution in [2.45, 2.75) is 24.6 Å². The van der Waals surface area contributed by atoms with E-state index in [9.17, 15) is 18.3 Å². The summed E-state index contributed by atoms with van der Waals surface area (Å²) in [4.78, 5) is 0. The molecule has 0 bridgehead atoms. The lowest BCUT2D eigenvalue weighted by Crippen LogP contribution is -3.00. The van der Waals surface area contributed by atoms with Gasteiger partial charge in [0.2, 0.25) is 0 Å². The Balaban J connectivity index is 0.00000162. The van der Waals surface area contributed by atoms with Gasteiger partial charge >= 0.3 is 7.60 Å². The van der Waals surface area contributed by atoms with Gasteiger partial charge in [0.1, 0.15) is 0 Å². The Morgan fingerprint density at radius 1 is 1.22 bits per heavy atom. The van der Waals surface area contributed by atoms with Crippen molar-refractivity contribution in [3.8, 4) is 0 Å². The third kappa shape index (κ3) is 3.16. The van der Waals surface area contributed by atoms with E-state index in [-0.39, 0.29) is 13.8 Å². The number of hydrogen-bond donors (Lipinski definition) is 2. The van der Waals surface area contributed by atoms with Crippen molar-refractivity contribution in [1.29, 1.82) is 0 Å². The highest BCUT2D eigenvalue weighted by molar-refractivity contribution is 5.30. The van der Waals surface area contributed by atoms with E-state index in [1.165, 1.54) is 6.07 Å². The number of piperidine rings is 1. The van der Waals surface area contributed by atoms with Gasteiger partial charge in [0.15, 0.2) is 0 Å². The van der Waals surface area contributed by atoms with Gasteiger partial charge in [0.25, 0.3) is 0 Å². The minimum atomic E-state index is -4.36. The summed E-state index contributed by atoms with van der Waals surface area (Å²) in [6.07, 6.45) is -3.48. The van der Waals surface area contributed by atoms with E-state index in [4.69, 9.17) is 0 Å². The zero-order valence-electron chi connectivity index (χ0n) is 10.6. The average Bonchev–Trinajstić information content (AvgIpc) is 2.29. The van der Waals surface area contributed by atoms with E-state index in [0.29, 0.717) is 31.5 Å². The molecule has 18 heavy (non-hydrogen) atoms. The molecule has 0 aromatic heterocycles. The van der Waals surface area contributed by atoms with Crippen LogP contribution in [0.4, 0.5) is 13.2 Å². The second-order valence-electron chi connectivity index (χ2n) is 4.36. The lowest BCUT2D eigenvalue weighted by atomic mass is 9.84. The molecule has 0 aliphatic carbocycles. The molecular weight excluding hydrogens is 267 g/mol. The second-order valence-corrected chi connectivity index (χ2v) is 4.36. The number of hydrogen-bond acceptors (Lipinski definition) is 2. The molecule has 1 saturated heterocycles. The fraction of sp³-hybridized carbons (Fsp3) is 0.500. The van der Waals surface area contributed by atoms with Gasteiger partial charge in [0.05, 0.1) is 11.2 Å². The van der Waals surface area contributed by atoms with E-state index in [2.05, 4.69) is 5.32 Å². The van der Waals surface area contributed by atoms with Crippen LogP contribution in [0.5, 0.6) is 0 Å². The molecule has 1 aromatic rings. The summed E-state index contributed by atoms with van der Waals surface area (Å²) in [5.74, 6) is 0. The average molecular weight is 282 g/mol. The molecule has 6 heteroatoms. The summed E-state index contributed by atoms with van der Waals surface area (Å²) >= 11 is 0. The highest BCUT2D eigenvalue weighted by Gasteiger charge is 2.35. The molecule has 0 atom stereocenters. The fourth-order valence-electron chi connectivity index (χ4n) is 2.11. The Bertz CT molecular complexity index is 408. The molecule has 0 unspecified atom stereocenters. The van der Waals surface area contributed by atoms with E-state index in [0.717, 1.165) is 12.1 Å². The van der Waals surface area contributed by atoms with Crippen molar-refractivity contribution < 1.29 is 32.1 Å². The second kappa shape index (κ2) is 5.47. The number of aliphatic hydroxyl groups is 1. The maximum Gasteiger partial charge on any atom is 1.00 e. The Labute approximate surface area is 111 Å². The van der Waals surface area contributed by atoms with Crippen LogP contribution in [0.2, 0.25) is 0 Å². The molecule has 1 aliphatic rings. The molecule has 1 aromatic carbocycles. The highest BCUT2D eigenvalue weighted by atomic mass is 35.5.